The first-order valence-corrected chi connectivity index (χ1v) is 33.3. The average molecular weight is 1040 g/mol. The molecule has 0 unspecified atom stereocenters. The van der Waals surface area contributed by atoms with Gasteiger partial charge in [0.1, 0.15) is 0 Å². The summed E-state index contributed by atoms with van der Waals surface area (Å²) in [6.07, 6.45) is 60.8. The van der Waals surface area contributed by atoms with Gasteiger partial charge in [-0.05, 0) is 25.7 Å². The van der Waals surface area contributed by atoms with Crippen LogP contribution in [0.4, 0.5) is 0 Å². The topological polar surface area (TPSA) is 108 Å². The van der Waals surface area contributed by atoms with E-state index in [0.29, 0.717) is 52.0 Å². The number of hydrogen-bond acceptors (Lipinski definition) is 4. The van der Waals surface area contributed by atoms with E-state index >= 15 is 0 Å². The molecule has 3 N–H and O–H groups in total. The number of carbonyl (C=O) groups excluding carboxylic acids is 4. The number of likely N-dealkylation sites (tertiary alicyclic amines) is 1. The summed E-state index contributed by atoms with van der Waals surface area (Å²) in [5.41, 5.74) is 0. The van der Waals surface area contributed by atoms with Gasteiger partial charge in [0.15, 0.2) is 6.67 Å². The van der Waals surface area contributed by atoms with Crippen LogP contribution in [0.3, 0.4) is 0 Å². The molecule has 4 amide bonds. The van der Waals surface area contributed by atoms with Crippen LogP contribution < -0.4 is 16.0 Å². The summed E-state index contributed by atoms with van der Waals surface area (Å²) in [6, 6.07) is 0. The van der Waals surface area contributed by atoms with Crippen molar-refractivity contribution in [2.75, 3.05) is 52.5 Å². The molecule has 0 spiro atoms. The highest BCUT2D eigenvalue weighted by molar-refractivity contribution is 5.78. The van der Waals surface area contributed by atoms with Gasteiger partial charge in [0, 0.05) is 71.1 Å². The standard InChI is InChI=1S/C65H127N5O4/c1-4-7-10-13-16-19-22-25-28-31-34-37-40-43-50-62(71)66-54-47-58-70(61-69-57-46-53-65(69)74,59-48-55-67-63(72)51-44-41-38-35-32-29-26-23-20-17-14-11-8-5-2)60-49-56-68-64(73)52-45-42-39-36-33-30-27-24-21-18-15-12-9-6-3/h4-61H2,1-3H3,(H2-,66,67,68,71,72,73)/p+1. The van der Waals surface area contributed by atoms with Crippen LogP contribution in [-0.2, 0) is 19.2 Å². The minimum atomic E-state index is 0.153. The summed E-state index contributed by atoms with van der Waals surface area (Å²) >= 11 is 0. The molecule has 0 aromatic rings. The Balaban J connectivity index is 2.55. The van der Waals surface area contributed by atoms with E-state index in [0.717, 1.165) is 94.9 Å². The fourth-order valence-electron chi connectivity index (χ4n) is 11.4. The third kappa shape index (κ3) is 46.0. The van der Waals surface area contributed by atoms with E-state index in [4.69, 9.17) is 0 Å². The first-order valence-electron chi connectivity index (χ1n) is 33.3. The molecule has 0 saturated carbocycles. The first-order chi connectivity index (χ1) is 36.4. The number of carbonyl (C=O) groups is 4. The zero-order valence-electron chi connectivity index (χ0n) is 50.0. The molecule has 1 fully saturated rings. The zero-order valence-corrected chi connectivity index (χ0v) is 50.0. The minimum Gasteiger partial charge on any atom is -0.356 e. The second kappa shape index (κ2) is 54.2. The molecule has 0 radical (unpaired) electrons. The smallest absolute Gasteiger partial charge is 0.226 e. The van der Waals surface area contributed by atoms with Crippen LogP contribution >= 0.6 is 0 Å². The van der Waals surface area contributed by atoms with Gasteiger partial charge in [-0.2, -0.15) is 0 Å². The molecule has 9 heteroatoms. The molecular weight excluding hydrogens is 915 g/mol. The van der Waals surface area contributed by atoms with Crippen LogP contribution in [0.2, 0.25) is 0 Å². The van der Waals surface area contributed by atoms with E-state index in [-0.39, 0.29) is 23.6 Å². The van der Waals surface area contributed by atoms with Crippen LogP contribution in [0.5, 0.6) is 0 Å². The number of amides is 4. The Labute approximate surface area is 460 Å². The molecule has 0 aromatic carbocycles. The molecule has 1 aliphatic rings. The number of nitrogens with zero attached hydrogens (tertiary/aromatic N) is 2. The predicted octanol–water partition coefficient (Wildman–Crippen LogP) is 17.5. The molecule has 436 valence electrons. The fraction of sp³-hybridized carbons (Fsp3) is 0.938. The number of rotatable bonds is 59. The van der Waals surface area contributed by atoms with Crippen LogP contribution in [0.25, 0.3) is 0 Å². The van der Waals surface area contributed by atoms with Crippen molar-refractivity contribution in [3.63, 3.8) is 0 Å². The molecule has 1 rings (SSSR count). The highest BCUT2D eigenvalue weighted by Gasteiger charge is 2.33. The lowest BCUT2D eigenvalue weighted by Crippen LogP contribution is -2.57. The maximum atomic E-state index is 13.1. The van der Waals surface area contributed by atoms with E-state index in [9.17, 15) is 19.2 Å². The zero-order chi connectivity index (χ0) is 53.5. The van der Waals surface area contributed by atoms with E-state index < -0.39 is 0 Å². The lowest BCUT2D eigenvalue weighted by atomic mass is 10.0. The predicted molar refractivity (Wildman–Crippen MR) is 318 cm³/mol. The van der Waals surface area contributed by atoms with Crippen molar-refractivity contribution >= 4 is 23.6 Å². The molecule has 1 saturated heterocycles. The second-order valence-electron chi connectivity index (χ2n) is 23.6. The van der Waals surface area contributed by atoms with Crippen molar-refractivity contribution in [1.82, 2.24) is 20.9 Å². The van der Waals surface area contributed by atoms with Gasteiger partial charge >= 0.3 is 0 Å². The normalized spacial score (nSPS) is 12.8. The Hall–Kier alpha value is -2.16. The first kappa shape index (κ1) is 69.9. The minimum absolute atomic E-state index is 0.153. The summed E-state index contributed by atoms with van der Waals surface area (Å²) in [7, 11) is 0. The van der Waals surface area contributed by atoms with Crippen LogP contribution in [0.1, 0.15) is 342 Å². The SMILES string of the molecule is CCCCCCCCCCCCCCCCC(=O)NCCC[N+](CCCNC(=O)CCCCCCCCCCCCCCCC)(CCCNC(=O)CCCCCCCCCCCCCCCC)CN1CCCC1=O. The van der Waals surface area contributed by atoms with Crippen molar-refractivity contribution in [3.8, 4) is 0 Å². The van der Waals surface area contributed by atoms with Crippen molar-refractivity contribution in [3.05, 3.63) is 0 Å². The average Bonchev–Trinajstić information content (AvgIpc) is 3.80. The molecule has 1 aliphatic heterocycles. The highest BCUT2D eigenvalue weighted by atomic mass is 16.2. The number of quaternary nitrogens is 1. The lowest BCUT2D eigenvalue weighted by Gasteiger charge is -2.41. The summed E-state index contributed by atoms with van der Waals surface area (Å²) in [4.78, 5) is 54.0. The van der Waals surface area contributed by atoms with Gasteiger partial charge in [-0.25, -0.2) is 0 Å². The largest absolute Gasteiger partial charge is 0.356 e. The summed E-state index contributed by atoms with van der Waals surface area (Å²) < 4.78 is 0.740. The maximum absolute atomic E-state index is 13.1. The molecule has 0 aliphatic carbocycles. The van der Waals surface area contributed by atoms with Crippen LogP contribution in [0, 0.1) is 0 Å². The third-order valence-corrected chi connectivity index (χ3v) is 16.3. The van der Waals surface area contributed by atoms with Crippen molar-refractivity contribution in [2.24, 2.45) is 0 Å². The highest BCUT2D eigenvalue weighted by Crippen LogP contribution is 2.20. The van der Waals surface area contributed by atoms with Gasteiger partial charge in [-0.15, -0.1) is 0 Å². The Morgan fingerprint density at radius 1 is 0.351 bits per heavy atom. The lowest BCUT2D eigenvalue weighted by molar-refractivity contribution is -0.936. The number of unbranched alkanes of at least 4 members (excludes halogenated alkanes) is 39. The monoisotopic (exact) mass is 1040 g/mol. The molecule has 0 atom stereocenters. The van der Waals surface area contributed by atoms with Gasteiger partial charge in [-0.1, -0.05) is 271 Å². The quantitative estimate of drug-likeness (QED) is 0.0417. The van der Waals surface area contributed by atoms with Gasteiger partial charge in [0.05, 0.1) is 19.6 Å². The van der Waals surface area contributed by atoms with Crippen molar-refractivity contribution in [2.45, 2.75) is 342 Å². The Morgan fingerprint density at radius 2 is 0.581 bits per heavy atom. The summed E-state index contributed by atoms with van der Waals surface area (Å²) in [5, 5.41) is 9.69. The third-order valence-electron chi connectivity index (χ3n) is 16.3. The van der Waals surface area contributed by atoms with E-state index in [1.54, 1.807) is 0 Å². The van der Waals surface area contributed by atoms with Gasteiger partial charge in [-0.3, -0.25) is 24.1 Å². The van der Waals surface area contributed by atoms with Crippen LogP contribution in [0.15, 0.2) is 0 Å². The molecular formula is C65H128N5O4+. The molecule has 0 bridgehead atoms. The molecule has 74 heavy (non-hydrogen) atoms. The summed E-state index contributed by atoms with van der Waals surface area (Å²) in [5.74, 6) is 0.691. The summed E-state index contributed by atoms with van der Waals surface area (Å²) in [6.45, 7) is 12.8. The Bertz CT molecular complexity index is 1140. The van der Waals surface area contributed by atoms with E-state index in [2.05, 4.69) is 41.6 Å². The number of nitrogens with one attached hydrogen (secondary N) is 3. The van der Waals surface area contributed by atoms with Gasteiger partial charge in [0.2, 0.25) is 23.6 Å². The van der Waals surface area contributed by atoms with Crippen molar-refractivity contribution < 1.29 is 23.7 Å². The molecule has 9 nitrogen and oxygen atoms in total. The van der Waals surface area contributed by atoms with E-state index in [1.165, 1.54) is 231 Å². The van der Waals surface area contributed by atoms with Crippen LogP contribution in [-0.4, -0.2) is 85.5 Å². The maximum Gasteiger partial charge on any atom is 0.226 e. The molecule has 0 aromatic heterocycles. The Morgan fingerprint density at radius 3 is 0.797 bits per heavy atom. The Kier molecular flexibility index (Phi) is 51.2. The van der Waals surface area contributed by atoms with E-state index in [1.807, 2.05) is 0 Å². The van der Waals surface area contributed by atoms with Gasteiger partial charge < -0.3 is 20.4 Å². The second-order valence-corrected chi connectivity index (χ2v) is 23.6. The van der Waals surface area contributed by atoms with Gasteiger partial charge in [0.25, 0.3) is 0 Å². The fourth-order valence-corrected chi connectivity index (χ4v) is 11.4. The molecule has 1 heterocycles. The van der Waals surface area contributed by atoms with Crippen molar-refractivity contribution in [1.29, 1.82) is 0 Å². The number of hydrogen-bond donors (Lipinski definition) is 3.